The first-order valence-electron chi connectivity index (χ1n) is 6.66. The van der Waals surface area contributed by atoms with E-state index < -0.39 is 0 Å². The monoisotopic (exact) mass is 294 g/mol. The minimum Gasteiger partial charge on any atom is -0.366 e. The molecule has 3 rings (SSSR count). The van der Waals surface area contributed by atoms with Crippen LogP contribution in [0, 0.1) is 11.8 Å². The van der Waals surface area contributed by atoms with E-state index in [0.717, 1.165) is 28.8 Å². The highest BCUT2D eigenvalue weighted by Crippen LogP contribution is 2.19. The maximum Gasteiger partial charge on any atom is 0.137 e. The number of hydrogen-bond donors (Lipinski definition) is 1. The summed E-state index contributed by atoms with van der Waals surface area (Å²) in [6, 6.07) is 8.17. The van der Waals surface area contributed by atoms with Crippen molar-refractivity contribution >= 4 is 28.1 Å². The predicted molar refractivity (Wildman–Crippen MR) is 86.2 cm³/mol. The Bertz CT molecular complexity index is 781. The van der Waals surface area contributed by atoms with E-state index in [2.05, 4.69) is 39.0 Å². The van der Waals surface area contributed by atoms with Gasteiger partial charge in [-0.3, -0.25) is 0 Å². The molecule has 0 aliphatic heterocycles. The van der Waals surface area contributed by atoms with E-state index in [0.29, 0.717) is 0 Å². The Morgan fingerprint density at radius 1 is 1.24 bits per heavy atom. The summed E-state index contributed by atoms with van der Waals surface area (Å²) in [5, 5.41) is 6.37. The molecule has 0 saturated carbocycles. The van der Waals surface area contributed by atoms with Crippen LogP contribution in [0.25, 0.3) is 10.9 Å². The van der Waals surface area contributed by atoms with Crippen molar-refractivity contribution in [3.8, 4) is 11.8 Å². The van der Waals surface area contributed by atoms with Crippen molar-refractivity contribution < 1.29 is 0 Å². The molecule has 0 saturated heterocycles. The lowest BCUT2D eigenvalue weighted by Gasteiger charge is -2.13. The first-order valence-corrected chi connectivity index (χ1v) is 7.60. The first-order chi connectivity index (χ1) is 10.3. The second kappa shape index (κ2) is 6.33. The van der Waals surface area contributed by atoms with E-state index in [9.17, 15) is 0 Å². The van der Waals surface area contributed by atoms with Gasteiger partial charge in [0.2, 0.25) is 0 Å². The largest absolute Gasteiger partial charge is 0.366 e. The number of aromatic nitrogens is 3. The molecule has 0 fully saturated rings. The maximum atomic E-state index is 4.32. The Morgan fingerprint density at radius 2 is 2.14 bits per heavy atom. The van der Waals surface area contributed by atoms with Gasteiger partial charge in [-0.05, 0) is 25.0 Å². The van der Waals surface area contributed by atoms with Crippen LogP contribution in [0.5, 0.6) is 0 Å². The van der Waals surface area contributed by atoms with E-state index in [1.165, 1.54) is 0 Å². The van der Waals surface area contributed by atoms with Crippen molar-refractivity contribution in [2.24, 2.45) is 0 Å². The summed E-state index contributed by atoms with van der Waals surface area (Å²) in [5.41, 5.74) is 3.56. The lowest BCUT2D eigenvalue weighted by Crippen LogP contribution is -2.15. The summed E-state index contributed by atoms with van der Waals surface area (Å²) in [4.78, 5) is 12.7. The van der Waals surface area contributed by atoms with Gasteiger partial charge in [-0.1, -0.05) is 18.1 Å². The number of rotatable bonds is 3. The summed E-state index contributed by atoms with van der Waals surface area (Å²) < 4.78 is 0. The molecule has 1 N–H and O–H groups in total. The first kappa shape index (κ1) is 13.5. The van der Waals surface area contributed by atoms with Crippen LogP contribution >= 0.6 is 11.3 Å². The summed E-state index contributed by atoms with van der Waals surface area (Å²) in [6.07, 6.45) is 2.31. The standard InChI is InChI=1S/C16H14N4S/c1-12(5-4-6-13-9-21-11-19-13)20-16-14-7-2-3-8-15(14)17-10-18-16/h2-3,7-12H,5H2,1H3,(H,17,18,20). The third-order valence-corrected chi connectivity index (χ3v) is 3.57. The van der Waals surface area contributed by atoms with Gasteiger partial charge in [0.15, 0.2) is 0 Å². The Morgan fingerprint density at radius 3 is 3.00 bits per heavy atom. The molecule has 0 spiro atoms. The molecule has 1 unspecified atom stereocenters. The van der Waals surface area contributed by atoms with Gasteiger partial charge in [0, 0.05) is 23.2 Å². The molecular weight excluding hydrogens is 280 g/mol. The van der Waals surface area contributed by atoms with Gasteiger partial charge < -0.3 is 5.32 Å². The van der Waals surface area contributed by atoms with E-state index in [1.54, 1.807) is 23.2 Å². The van der Waals surface area contributed by atoms with E-state index in [-0.39, 0.29) is 6.04 Å². The molecular formula is C16H14N4S. The number of hydrogen-bond acceptors (Lipinski definition) is 5. The fourth-order valence-corrected chi connectivity index (χ4v) is 2.46. The van der Waals surface area contributed by atoms with Crippen molar-refractivity contribution in [3.63, 3.8) is 0 Å². The summed E-state index contributed by atoms with van der Waals surface area (Å²) >= 11 is 1.56. The molecule has 0 bridgehead atoms. The van der Waals surface area contributed by atoms with Gasteiger partial charge in [-0.15, -0.1) is 11.3 Å². The summed E-state index contributed by atoms with van der Waals surface area (Å²) in [6.45, 7) is 2.09. The molecule has 3 aromatic rings. The smallest absolute Gasteiger partial charge is 0.137 e. The molecule has 0 aliphatic rings. The van der Waals surface area contributed by atoms with Crippen LogP contribution in [0.1, 0.15) is 19.0 Å². The Labute approximate surface area is 127 Å². The number of anilines is 1. The second-order valence-electron chi connectivity index (χ2n) is 4.66. The highest BCUT2D eigenvalue weighted by molar-refractivity contribution is 7.07. The van der Waals surface area contributed by atoms with Crippen LogP contribution in [-0.2, 0) is 0 Å². The fraction of sp³-hybridized carbons (Fsp3) is 0.188. The average molecular weight is 294 g/mol. The number of thiazole rings is 1. The minimum absolute atomic E-state index is 0.203. The highest BCUT2D eigenvalue weighted by atomic mass is 32.1. The zero-order chi connectivity index (χ0) is 14.5. The third kappa shape index (κ3) is 3.36. The van der Waals surface area contributed by atoms with Crippen LogP contribution in [0.4, 0.5) is 5.82 Å². The number of benzene rings is 1. The number of para-hydroxylation sites is 1. The lowest BCUT2D eigenvalue weighted by atomic mass is 10.2. The molecule has 0 aliphatic carbocycles. The predicted octanol–water partition coefficient (Wildman–Crippen LogP) is 3.33. The molecule has 21 heavy (non-hydrogen) atoms. The zero-order valence-electron chi connectivity index (χ0n) is 11.6. The van der Waals surface area contributed by atoms with Gasteiger partial charge in [-0.2, -0.15) is 0 Å². The molecule has 4 nitrogen and oxygen atoms in total. The topological polar surface area (TPSA) is 50.7 Å². The van der Waals surface area contributed by atoms with Gasteiger partial charge in [0.05, 0.1) is 11.0 Å². The third-order valence-electron chi connectivity index (χ3n) is 2.98. The van der Waals surface area contributed by atoms with Crippen molar-refractivity contribution in [1.82, 2.24) is 15.0 Å². The molecule has 5 heteroatoms. The van der Waals surface area contributed by atoms with Crippen molar-refractivity contribution in [3.05, 3.63) is 47.2 Å². The molecule has 0 radical (unpaired) electrons. The fourth-order valence-electron chi connectivity index (χ4n) is 1.97. The van der Waals surface area contributed by atoms with Crippen molar-refractivity contribution in [2.75, 3.05) is 5.32 Å². The molecule has 1 aromatic carbocycles. The van der Waals surface area contributed by atoms with Crippen LogP contribution in [-0.4, -0.2) is 21.0 Å². The number of nitrogens with zero attached hydrogens (tertiary/aromatic N) is 3. The Hall–Kier alpha value is -2.45. The van der Waals surface area contributed by atoms with E-state index >= 15 is 0 Å². The lowest BCUT2D eigenvalue weighted by molar-refractivity contribution is 0.822. The van der Waals surface area contributed by atoms with Gasteiger partial charge >= 0.3 is 0 Å². The molecule has 0 amide bonds. The SMILES string of the molecule is CC(CC#Cc1cscn1)Nc1ncnc2ccccc12. The number of fused-ring (bicyclic) bond motifs is 1. The van der Waals surface area contributed by atoms with Crippen LogP contribution < -0.4 is 5.32 Å². The normalized spacial score (nSPS) is 11.7. The Kier molecular flexibility index (Phi) is 4.08. The van der Waals surface area contributed by atoms with Crippen molar-refractivity contribution in [1.29, 1.82) is 0 Å². The second-order valence-corrected chi connectivity index (χ2v) is 5.38. The quantitative estimate of drug-likeness (QED) is 0.753. The van der Waals surface area contributed by atoms with Gasteiger partial charge in [0.25, 0.3) is 0 Å². The van der Waals surface area contributed by atoms with Gasteiger partial charge in [0.1, 0.15) is 17.8 Å². The van der Waals surface area contributed by atoms with Crippen LogP contribution in [0.2, 0.25) is 0 Å². The average Bonchev–Trinajstić information content (AvgIpc) is 3.01. The Balaban J connectivity index is 1.70. The van der Waals surface area contributed by atoms with Gasteiger partial charge in [-0.25, -0.2) is 15.0 Å². The maximum absolute atomic E-state index is 4.32. The van der Waals surface area contributed by atoms with Crippen LogP contribution in [0.15, 0.2) is 41.5 Å². The van der Waals surface area contributed by atoms with E-state index in [1.807, 2.05) is 29.6 Å². The highest BCUT2D eigenvalue weighted by Gasteiger charge is 2.05. The number of nitrogens with one attached hydrogen (secondary N) is 1. The zero-order valence-corrected chi connectivity index (χ0v) is 12.4. The molecule has 2 aromatic heterocycles. The molecule has 104 valence electrons. The minimum atomic E-state index is 0.203. The van der Waals surface area contributed by atoms with Crippen LogP contribution in [0.3, 0.4) is 0 Å². The summed E-state index contributed by atoms with van der Waals surface area (Å²) in [7, 11) is 0. The molecule has 1 atom stereocenters. The molecule has 2 heterocycles. The van der Waals surface area contributed by atoms with E-state index in [4.69, 9.17) is 0 Å². The van der Waals surface area contributed by atoms with Crippen molar-refractivity contribution in [2.45, 2.75) is 19.4 Å². The summed E-state index contributed by atoms with van der Waals surface area (Å²) in [5.74, 6) is 7.05.